The second-order valence-corrected chi connectivity index (χ2v) is 4.10. The van der Waals surface area contributed by atoms with Crippen LogP contribution >= 0.6 is 0 Å². The highest BCUT2D eigenvalue weighted by Crippen LogP contribution is 2.09. The quantitative estimate of drug-likeness (QED) is 0.735. The first-order valence-corrected chi connectivity index (χ1v) is 5.79. The number of nitrogens with one attached hydrogen (secondary N) is 1. The van der Waals surface area contributed by atoms with Crippen molar-refractivity contribution < 1.29 is 0 Å². The van der Waals surface area contributed by atoms with Crippen molar-refractivity contribution in [1.29, 1.82) is 0 Å². The maximum Gasteiger partial charge on any atom is 0.0337 e. The predicted octanol–water partition coefficient (Wildman–Crippen LogP) is 4.32. The molecule has 1 aliphatic rings. The van der Waals surface area contributed by atoms with Crippen LogP contribution in [0.5, 0.6) is 0 Å². The van der Waals surface area contributed by atoms with Gasteiger partial charge in [0.25, 0.3) is 0 Å². The standard InChI is InChI=1S/C8H11N.C7H10/c1-7-3-5-8(9-2)6-4-7;1-7-5-3-2-4-6-7/h3-6,9H,1-2H3;2-3,5H,4,6H2,1H3. The zero-order chi connectivity index (χ0) is 11.8. The van der Waals surface area contributed by atoms with Crippen molar-refractivity contribution in [3.63, 3.8) is 0 Å². The van der Waals surface area contributed by atoms with Gasteiger partial charge in [0.2, 0.25) is 0 Å². The summed E-state index contributed by atoms with van der Waals surface area (Å²) in [4.78, 5) is 0. The van der Waals surface area contributed by atoms with Gasteiger partial charge in [-0.3, -0.25) is 0 Å². The number of hydrogen-bond donors (Lipinski definition) is 1. The van der Waals surface area contributed by atoms with E-state index in [4.69, 9.17) is 0 Å². The summed E-state index contributed by atoms with van der Waals surface area (Å²) in [5.74, 6) is 0. The highest BCUT2D eigenvalue weighted by Gasteiger charge is 1.88. The first-order valence-electron chi connectivity index (χ1n) is 5.79. The van der Waals surface area contributed by atoms with Crippen LogP contribution in [-0.4, -0.2) is 7.05 Å². The van der Waals surface area contributed by atoms with Crippen molar-refractivity contribution in [2.24, 2.45) is 0 Å². The molecule has 0 amide bonds. The Morgan fingerprint density at radius 2 is 1.75 bits per heavy atom. The molecule has 0 aromatic heterocycles. The molecular weight excluding hydrogens is 194 g/mol. The van der Waals surface area contributed by atoms with E-state index in [1.165, 1.54) is 29.7 Å². The molecule has 1 heteroatoms. The molecule has 0 radical (unpaired) electrons. The van der Waals surface area contributed by atoms with E-state index in [2.05, 4.69) is 61.7 Å². The minimum Gasteiger partial charge on any atom is -0.388 e. The van der Waals surface area contributed by atoms with Crippen LogP contribution in [0.4, 0.5) is 5.69 Å². The SMILES string of the molecule is CC1=CC=CCC1.CNc1ccc(C)cc1. The Kier molecular flexibility index (Phi) is 5.41. The molecule has 0 saturated carbocycles. The summed E-state index contributed by atoms with van der Waals surface area (Å²) >= 11 is 0. The minimum atomic E-state index is 1.17. The zero-order valence-corrected chi connectivity index (χ0v) is 10.5. The number of allylic oxidation sites excluding steroid dienone is 4. The maximum atomic E-state index is 3.05. The van der Waals surface area contributed by atoms with Gasteiger partial charge in [-0.1, -0.05) is 41.5 Å². The molecular formula is C15H21N. The van der Waals surface area contributed by atoms with Crippen LogP contribution in [-0.2, 0) is 0 Å². The van der Waals surface area contributed by atoms with Crippen molar-refractivity contribution in [3.8, 4) is 0 Å². The Bertz CT molecular complexity index is 358. The van der Waals surface area contributed by atoms with Crippen molar-refractivity contribution in [2.75, 3.05) is 12.4 Å². The van der Waals surface area contributed by atoms with Gasteiger partial charge in [-0.25, -0.2) is 0 Å². The van der Waals surface area contributed by atoms with Gasteiger partial charge in [0.15, 0.2) is 0 Å². The van der Waals surface area contributed by atoms with Gasteiger partial charge in [0.1, 0.15) is 0 Å². The molecule has 1 aliphatic carbocycles. The van der Waals surface area contributed by atoms with Crippen LogP contribution < -0.4 is 5.32 Å². The summed E-state index contributed by atoms with van der Waals surface area (Å²) < 4.78 is 0. The van der Waals surface area contributed by atoms with Crippen LogP contribution in [0, 0.1) is 6.92 Å². The van der Waals surface area contributed by atoms with Crippen molar-refractivity contribution in [2.45, 2.75) is 26.7 Å². The van der Waals surface area contributed by atoms with Crippen LogP contribution in [0.1, 0.15) is 25.3 Å². The third kappa shape index (κ3) is 4.83. The third-order valence-electron chi connectivity index (χ3n) is 2.56. The van der Waals surface area contributed by atoms with E-state index in [0.29, 0.717) is 0 Å². The molecule has 0 heterocycles. The average Bonchev–Trinajstić information content (AvgIpc) is 2.32. The first-order chi connectivity index (χ1) is 7.72. The van der Waals surface area contributed by atoms with Gasteiger partial charge in [-0.2, -0.15) is 0 Å². The van der Waals surface area contributed by atoms with E-state index in [1.54, 1.807) is 0 Å². The average molecular weight is 215 g/mol. The molecule has 0 aliphatic heterocycles. The zero-order valence-electron chi connectivity index (χ0n) is 10.5. The Morgan fingerprint density at radius 3 is 2.12 bits per heavy atom. The number of rotatable bonds is 1. The van der Waals surface area contributed by atoms with E-state index in [0.717, 1.165) is 0 Å². The molecule has 1 aromatic rings. The summed E-state index contributed by atoms with van der Waals surface area (Å²) in [7, 11) is 1.92. The molecule has 0 saturated heterocycles. The highest BCUT2D eigenvalue weighted by atomic mass is 14.8. The smallest absolute Gasteiger partial charge is 0.0337 e. The fourth-order valence-corrected chi connectivity index (χ4v) is 1.44. The van der Waals surface area contributed by atoms with Crippen molar-refractivity contribution in [3.05, 3.63) is 53.6 Å². The highest BCUT2D eigenvalue weighted by molar-refractivity contribution is 5.43. The normalized spacial score (nSPS) is 13.6. The number of aryl methyl sites for hydroxylation is 1. The van der Waals surface area contributed by atoms with Crippen LogP contribution in [0.25, 0.3) is 0 Å². The summed E-state index contributed by atoms with van der Waals surface area (Å²) in [5.41, 5.74) is 3.97. The second kappa shape index (κ2) is 6.89. The Balaban J connectivity index is 0.000000165. The van der Waals surface area contributed by atoms with Crippen molar-refractivity contribution >= 4 is 5.69 Å². The second-order valence-electron chi connectivity index (χ2n) is 4.10. The third-order valence-corrected chi connectivity index (χ3v) is 2.56. The van der Waals surface area contributed by atoms with E-state index in [9.17, 15) is 0 Å². The van der Waals surface area contributed by atoms with Crippen LogP contribution in [0.2, 0.25) is 0 Å². The fourth-order valence-electron chi connectivity index (χ4n) is 1.44. The lowest BCUT2D eigenvalue weighted by Gasteiger charge is -1.98. The van der Waals surface area contributed by atoms with Gasteiger partial charge in [0.05, 0.1) is 0 Å². The molecule has 1 aromatic carbocycles. The molecule has 0 bridgehead atoms. The molecule has 0 spiro atoms. The van der Waals surface area contributed by atoms with Gasteiger partial charge in [-0.05, 0) is 38.8 Å². The van der Waals surface area contributed by atoms with Crippen LogP contribution in [0.3, 0.4) is 0 Å². The number of hydrogen-bond acceptors (Lipinski definition) is 1. The molecule has 16 heavy (non-hydrogen) atoms. The van der Waals surface area contributed by atoms with E-state index < -0.39 is 0 Å². The van der Waals surface area contributed by atoms with Gasteiger partial charge in [-0.15, -0.1) is 0 Å². The number of anilines is 1. The number of benzene rings is 1. The fraction of sp³-hybridized carbons (Fsp3) is 0.333. The molecule has 0 unspecified atom stereocenters. The lowest BCUT2D eigenvalue weighted by molar-refractivity contribution is 0.962. The first kappa shape index (κ1) is 12.6. The Labute approximate surface area is 98.9 Å². The van der Waals surface area contributed by atoms with E-state index >= 15 is 0 Å². The minimum absolute atomic E-state index is 1.17. The largest absolute Gasteiger partial charge is 0.388 e. The summed E-state index contributed by atoms with van der Waals surface area (Å²) in [6, 6.07) is 8.31. The predicted molar refractivity (Wildman–Crippen MR) is 72.9 cm³/mol. The molecule has 1 nitrogen and oxygen atoms in total. The van der Waals surface area contributed by atoms with Gasteiger partial charge >= 0.3 is 0 Å². The summed E-state index contributed by atoms with van der Waals surface area (Å²) in [6.07, 6.45) is 8.99. The van der Waals surface area contributed by atoms with Gasteiger partial charge in [0, 0.05) is 12.7 Å². The molecule has 1 N–H and O–H groups in total. The molecule has 0 fully saturated rings. The topological polar surface area (TPSA) is 12.0 Å². The monoisotopic (exact) mass is 215 g/mol. The summed E-state index contributed by atoms with van der Waals surface area (Å²) in [5, 5.41) is 3.05. The molecule has 2 rings (SSSR count). The van der Waals surface area contributed by atoms with E-state index in [-0.39, 0.29) is 0 Å². The Morgan fingerprint density at radius 1 is 1.06 bits per heavy atom. The van der Waals surface area contributed by atoms with Crippen molar-refractivity contribution in [1.82, 2.24) is 0 Å². The summed E-state index contributed by atoms with van der Waals surface area (Å²) in [6.45, 7) is 4.25. The Hall–Kier alpha value is -1.50. The molecule has 86 valence electrons. The lowest BCUT2D eigenvalue weighted by atomic mass is 10.1. The van der Waals surface area contributed by atoms with Crippen LogP contribution in [0.15, 0.2) is 48.1 Å². The lowest BCUT2D eigenvalue weighted by Crippen LogP contribution is -1.85. The van der Waals surface area contributed by atoms with E-state index in [1.807, 2.05) is 7.05 Å². The maximum absolute atomic E-state index is 3.05. The molecule has 0 atom stereocenters. The van der Waals surface area contributed by atoms with Gasteiger partial charge < -0.3 is 5.32 Å².